The standard InChI is InChI=1S/C26H26ClN3O4S/c1-15(2)33-25(32)22-16(3)28-26-30(23(22)17-6-8-18(27)9-7-17)24(31)20(35-26)14-19-10-11-21(34-19)29-12-4-5-13-29/h6-11,14-15,23H,4-5,12-13H2,1-3H3. The van der Waals surface area contributed by atoms with Crippen LogP contribution in [-0.2, 0) is 9.53 Å². The van der Waals surface area contributed by atoms with Gasteiger partial charge in [0.1, 0.15) is 5.76 Å². The van der Waals surface area contributed by atoms with Crippen LogP contribution in [0, 0.1) is 0 Å². The molecule has 0 saturated carbocycles. The summed E-state index contributed by atoms with van der Waals surface area (Å²) in [4.78, 5) is 34.1. The summed E-state index contributed by atoms with van der Waals surface area (Å²) in [6.07, 6.45) is 3.75. The molecule has 5 rings (SSSR count). The Morgan fingerprint density at radius 2 is 1.91 bits per heavy atom. The van der Waals surface area contributed by atoms with Crippen LogP contribution in [0.1, 0.15) is 51.0 Å². The molecule has 1 atom stereocenters. The molecule has 9 heteroatoms. The van der Waals surface area contributed by atoms with Crippen LogP contribution in [0.3, 0.4) is 0 Å². The first-order chi connectivity index (χ1) is 16.8. The zero-order valence-corrected chi connectivity index (χ0v) is 21.4. The number of aromatic nitrogens is 1. The molecule has 4 heterocycles. The van der Waals surface area contributed by atoms with Crippen molar-refractivity contribution in [2.24, 2.45) is 4.99 Å². The highest BCUT2D eigenvalue weighted by molar-refractivity contribution is 7.07. The Labute approximate surface area is 211 Å². The molecular weight excluding hydrogens is 486 g/mol. The number of hydrogen-bond acceptors (Lipinski definition) is 7. The summed E-state index contributed by atoms with van der Waals surface area (Å²) in [5.74, 6) is 0.933. The van der Waals surface area contributed by atoms with Crippen LogP contribution in [0.25, 0.3) is 6.08 Å². The summed E-state index contributed by atoms with van der Waals surface area (Å²) in [5, 5.41) is 0.569. The SMILES string of the molecule is CC1=C(C(=O)OC(C)C)C(c2ccc(Cl)cc2)n2c(sc(=Cc3ccc(N4CCCC4)o3)c2=O)=N1. The Morgan fingerprint density at radius 1 is 1.20 bits per heavy atom. The van der Waals surface area contributed by atoms with Gasteiger partial charge in [0, 0.05) is 30.3 Å². The summed E-state index contributed by atoms with van der Waals surface area (Å²) < 4.78 is 13.6. The molecule has 0 spiro atoms. The number of anilines is 1. The lowest BCUT2D eigenvalue weighted by atomic mass is 9.96. The molecule has 0 N–H and O–H groups in total. The van der Waals surface area contributed by atoms with Crippen LogP contribution < -0.4 is 19.8 Å². The quantitative estimate of drug-likeness (QED) is 0.483. The van der Waals surface area contributed by atoms with Gasteiger partial charge < -0.3 is 14.1 Å². The van der Waals surface area contributed by atoms with Gasteiger partial charge in [0.15, 0.2) is 10.7 Å². The molecule has 1 aromatic carbocycles. The van der Waals surface area contributed by atoms with Gasteiger partial charge in [0.25, 0.3) is 5.56 Å². The largest absolute Gasteiger partial charge is 0.459 e. The summed E-state index contributed by atoms with van der Waals surface area (Å²) in [6, 6.07) is 10.3. The lowest BCUT2D eigenvalue weighted by Crippen LogP contribution is -2.40. The van der Waals surface area contributed by atoms with Crippen molar-refractivity contribution in [3.63, 3.8) is 0 Å². The first-order valence-electron chi connectivity index (χ1n) is 11.7. The highest BCUT2D eigenvalue weighted by Gasteiger charge is 2.33. The first kappa shape index (κ1) is 23.6. The lowest BCUT2D eigenvalue weighted by molar-refractivity contribution is -0.143. The van der Waals surface area contributed by atoms with Crippen molar-refractivity contribution in [2.75, 3.05) is 18.0 Å². The Bertz CT molecular complexity index is 1470. The molecule has 0 bridgehead atoms. The van der Waals surface area contributed by atoms with Crippen LogP contribution in [0.5, 0.6) is 0 Å². The van der Waals surface area contributed by atoms with Gasteiger partial charge in [-0.15, -0.1) is 0 Å². The summed E-state index contributed by atoms with van der Waals surface area (Å²) in [5.41, 5.74) is 1.38. The number of halogens is 1. The predicted octanol–water partition coefficient (Wildman–Crippen LogP) is 4.03. The van der Waals surface area contributed by atoms with Gasteiger partial charge in [-0.3, -0.25) is 9.36 Å². The predicted molar refractivity (Wildman–Crippen MR) is 137 cm³/mol. The zero-order chi connectivity index (χ0) is 24.7. The van der Waals surface area contributed by atoms with E-state index in [1.165, 1.54) is 11.3 Å². The van der Waals surface area contributed by atoms with Crippen LogP contribution >= 0.6 is 22.9 Å². The second-order valence-electron chi connectivity index (χ2n) is 8.96. The van der Waals surface area contributed by atoms with E-state index in [-0.39, 0.29) is 11.7 Å². The topological polar surface area (TPSA) is 77.0 Å². The molecular formula is C26H26ClN3O4S. The smallest absolute Gasteiger partial charge is 0.338 e. The van der Waals surface area contributed by atoms with Gasteiger partial charge in [-0.25, -0.2) is 9.79 Å². The number of benzene rings is 1. The van der Waals surface area contributed by atoms with Crippen LogP contribution in [-0.4, -0.2) is 29.7 Å². The van der Waals surface area contributed by atoms with Gasteiger partial charge in [-0.2, -0.15) is 0 Å². The number of rotatable bonds is 5. The van der Waals surface area contributed by atoms with Gasteiger partial charge in [-0.1, -0.05) is 35.1 Å². The van der Waals surface area contributed by atoms with Crippen molar-refractivity contribution in [1.82, 2.24) is 4.57 Å². The Morgan fingerprint density at radius 3 is 2.60 bits per heavy atom. The molecule has 1 unspecified atom stereocenters. The minimum Gasteiger partial charge on any atom is -0.459 e. The van der Waals surface area contributed by atoms with E-state index < -0.39 is 12.0 Å². The molecule has 3 aromatic rings. The summed E-state index contributed by atoms with van der Waals surface area (Å²) >= 11 is 7.39. The molecule has 0 radical (unpaired) electrons. The Kier molecular flexibility index (Phi) is 6.42. The molecule has 1 fully saturated rings. The van der Waals surface area contributed by atoms with Crippen molar-refractivity contribution < 1.29 is 13.9 Å². The number of esters is 1. The van der Waals surface area contributed by atoms with Gasteiger partial charge >= 0.3 is 5.97 Å². The molecule has 2 aliphatic rings. The highest BCUT2D eigenvalue weighted by Crippen LogP contribution is 2.31. The van der Waals surface area contributed by atoms with E-state index in [2.05, 4.69) is 9.89 Å². The Hall–Kier alpha value is -3.10. The summed E-state index contributed by atoms with van der Waals surface area (Å²) in [6.45, 7) is 7.31. The van der Waals surface area contributed by atoms with Crippen molar-refractivity contribution in [1.29, 1.82) is 0 Å². The number of hydrogen-bond donors (Lipinski definition) is 0. The first-order valence-corrected chi connectivity index (χ1v) is 12.8. The molecule has 7 nitrogen and oxygen atoms in total. The van der Waals surface area contributed by atoms with Crippen molar-refractivity contribution in [3.05, 3.63) is 83.7 Å². The zero-order valence-electron chi connectivity index (χ0n) is 19.8. The normalized spacial score (nSPS) is 18.3. The van der Waals surface area contributed by atoms with E-state index >= 15 is 0 Å². The van der Waals surface area contributed by atoms with Crippen LogP contribution in [0.4, 0.5) is 5.88 Å². The van der Waals surface area contributed by atoms with Crippen LogP contribution in [0.15, 0.2) is 61.9 Å². The van der Waals surface area contributed by atoms with E-state index in [4.69, 9.17) is 20.8 Å². The summed E-state index contributed by atoms with van der Waals surface area (Å²) in [7, 11) is 0. The lowest BCUT2D eigenvalue weighted by Gasteiger charge is -2.25. The third kappa shape index (κ3) is 4.60. The number of ether oxygens (including phenoxy) is 1. The van der Waals surface area contributed by atoms with Crippen molar-refractivity contribution >= 4 is 40.9 Å². The fraction of sp³-hybridized carbons (Fsp3) is 0.346. The minimum atomic E-state index is -0.673. The second-order valence-corrected chi connectivity index (χ2v) is 10.4. The van der Waals surface area contributed by atoms with Gasteiger partial charge in [0.2, 0.25) is 0 Å². The maximum atomic E-state index is 13.7. The molecule has 35 heavy (non-hydrogen) atoms. The second kappa shape index (κ2) is 9.51. The van der Waals surface area contributed by atoms with E-state index in [1.807, 2.05) is 24.3 Å². The number of thiazole rings is 1. The molecule has 2 aromatic heterocycles. The number of nitrogens with zero attached hydrogens (tertiary/aromatic N) is 3. The van der Waals surface area contributed by atoms with Crippen molar-refractivity contribution in [3.8, 4) is 0 Å². The van der Waals surface area contributed by atoms with Crippen LogP contribution in [0.2, 0.25) is 5.02 Å². The molecule has 0 amide bonds. The molecule has 1 saturated heterocycles. The number of carbonyl (C=O) groups excluding carboxylic acids is 1. The van der Waals surface area contributed by atoms with Gasteiger partial charge in [0.05, 0.1) is 27.9 Å². The maximum absolute atomic E-state index is 13.7. The average molecular weight is 512 g/mol. The average Bonchev–Trinajstić information content (AvgIpc) is 3.55. The van der Waals surface area contributed by atoms with Crippen molar-refractivity contribution in [2.45, 2.75) is 45.8 Å². The molecule has 182 valence electrons. The van der Waals surface area contributed by atoms with E-state index in [1.54, 1.807) is 43.5 Å². The van der Waals surface area contributed by atoms with E-state index in [0.717, 1.165) is 37.4 Å². The van der Waals surface area contributed by atoms with E-state index in [0.29, 0.717) is 31.4 Å². The number of carbonyl (C=O) groups is 1. The number of fused-ring (bicyclic) bond motifs is 1. The highest BCUT2D eigenvalue weighted by atomic mass is 35.5. The number of furan rings is 1. The van der Waals surface area contributed by atoms with Gasteiger partial charge in [-0.05, 0) is 57.4 Å². The Balaban J connectivity index is 1.62. The van der Waals surface area contributed by atoms with E-state index in [9.17, 15) is 9.59 Å². The fourth-order valence-electron chi connectivity index (χ4n) is 4.48. The number of allylic oxidation sites excluding steroid dienone is 1. The minimum absolute atomic E-state index is 0.241. The monoisotopic (exact) mass is 511 g/mol. The fourth-order valence-corrected chi connectivity index (χ4v) is 5.63. The third-order valence-electron chi connectivity index (χ3n) is 6.07. The molecule has 0 aliphatic carbocycles. The molecule has 2 aliphatic heterocycles. The third-order valence-corrected chi connectivity index (χ3v) is 7.31. The maximum Gasteiger partial charge on any atom is 0.338 e.